The number of carbonyl (C=O) groups excluding carboxylic acids is 1. The number of amides is 1. The van der Waals surface area contributed by atoms with Crippen LogP contribution in [0.2, 0.25) is 0 Å². The number of hydrogen-bond acceptors (Lipinski definition) is 4. The van der Waals surface area contributed by atoms with Gasteiger partial charge in [0.15, 0.2) is 5.11 Å². The molecule has 0 radical (unpaired) electrons. The lowest BCUT2D eigenvalue weighted by atomic mass is 10.2. The molecule has 7 heteroatoms. The molecule has 2 rings (SSSR count). The molecule has 0 unspecified atom stereocenters. The van der Waals surface area contributed by atoms with Crippen molar-refractivity contribution in [3.05, 3.63) is 75.8 Å². The van der Waals surface area contributed by atoms with E-state index >= 15 is 0 Å². The molecule has 1 amide bonds. The predicted molar refractivity (Wildman–Crippen MR) is 100 cm³/mol. The summed E-state index contributed by atoms with van der Waals surface area (Å²) >= 11 is 5.36. The second kappa shape index (κ2) is 8.89. The Kier molecular flexibility index (Phi) is 6.59. The molecule has 0 aromatic heterocycles. The van der Waals surface area contributed by atoms with Gasteiger partial charge in [-0.1, -0.05) is 43.3 Å². The molecular formula is C18H19N3O3S. The van der Waals surface area contributed by atoms with Gasteiger partial charge in [0.25, 0.3) is 11.6 Å². The van der Waals surface area contributed by atoms with Gasteiger partial charge in [-0.25, -0.2) is 0 Å². The normalized spacial score (nSPS) is 10.1. The Morgan fingerprint density at radius 3 is 2.56 bits per heavy atom. The Labute approximate surface area is 151 Å². The topological polar surface area (TPSA) is 75.5 Å². The molecule has 130 valence electrons. The number of carbonyl (C=O) groups is 1. The summed E-state index contributed by atoms with van der Waals surface area (Å²) in [5.74, 6) is -0.456. The van der Waals surface area contributed by atoms with Crippen LogP contribution in [-0.4, -0.2) is 27.4 Å². The van der Waals surface area contributed by atoms with Crippen molar-refractivity contribution in [2.45, 2.75) is 19.9 Å². The molecule has 25 heavy (non-hydrogen) atoms. The van der Waals surface area contributed by atoms with Gasteiger partial charge in [0.05, 0.1) is 4.92 Å². The number of thiocarbonyl (C=S) groups is 1. The highest BCUT2D eigenvalue weighted by atomic mass is 32.1. The minimum Gasteiger partial charge on any atom is -0.345 e. The molecule has 0 aliphatic rings. The first kappa shape index (κ1) is 18.5. The maximum atomic E-state index is 12.3. The van der Waals surface area contributed by atoms with Crippen LogP contribution >= 0.6 is 12.2 Å². The molecule has 6 nitrogen and oxygen atoms in total. The number of nitro groups is 1. The molecule has 0 heterocycles. The van der Waals surface area contributed by atoms with Gasteiger partial charge < -0.3 is 4.90 Å². The van der Waals surface area contributed by atoms with Crippen LogP contribution in [0, 0.1) is 10.1 Å². The molecule has 1 N–H and O–H groups in total. The summed E-state index contributed by atoms with van der Waals surface area (Å²) in [5.41, 5.74) is 1.16. The highest BCUT2D eigenvalue weighted by Gasteiger charge is 2.16. The predicted octanol–water partition coefficient (Wildman–Crippen LogP) is 3.52. The SMILES string of the molecule is CCCN(Cc1ccccc1)C(=S)NC(=O)c1cccc([N+](=O)[O-])c1. The van der Waals surface area contributed by atoms with Crippen molar-refractivity contribution in [3.8, 4) is 0 Å². The van der Waals surface area contributed by atoms with E-state index in [0.717, 1.165) is 12.0 Å². The largest absolute Gasteiger partial charge is 0.345 e. The number of non-ortho nitro benzene ring substituents is 1. The summed E-state index contributed by atoms with van der Waals surface area (Å²) < 4.78 is 0. The van der Waals surface area contributed by atoms with E-state index in [0.29, 0.717) is 18.2 Å². The molecule has 0 saturated heterocycles. The number of nitro benzene ring substituents is 1. The Balaban J connectivity index is 2.08. The van der Waals surface area contributed by atoms with Crippen molar-refractivity contribution in [2.24, 2.45) is 0 Å². The van der Waals surface area contributed by atoms with E-state index in [1.54, 1.807) is 0 Å². The summed E-state index contributed by atoms with van der Waals surface area (Å²) in [7, 11) is 0. The fourth-order valence-electron chi connectivity index (χ4n) is 2.34. The Morgan fingerprint density at radius 1 is 1.20 bits per heavy atom. The van der Waals surface area contributed by atoms with Crippen LogP contribution in [0.1, 0.15) is 29.3 Å². The Morgan fingerprint density at radius 2 is 1.92 bits per heavy atom. The summed E-state index contributed by atoms with van der Waals surface area (Å²) in [6.07, 6.45) is 0.875. The third-order valence-electron chi connectivity index (χ3n) is 3.54. The van der Waals surface area contributed by atoms with Gasteiger partial charge in [-0.05, 0) is 30.3 Å². The van der Waals surface area contributed by atoms with E-state index < -0.39 is 10.8 Å². The van der Waals surface area contributed by atoms with Crippen LogP contribution in [0.15, 0.2) is 54.6 Å². The zero-order chi connectivity index (χ0) is 18.2. The van der Waals surface area contributed by atoms with Crippen molar-refractivity contribution in [3.63, 3.8) is 0 Å². The number of nitrogens with one attached hydrogen (secondary N) is 1. The van der Waals surface area contributed by atoms with E-state index in [4.69, 9.17) is 12.2 Å². The van der Waals surface area contributed by atoms with Crippen molar-refractivity contribution in [1.82, 2.24) is 10.2 Å². The summed E-state index contributed by atoms with van der Waals surface area (Å²) in [6, 6.07) is 15.4. The van der Waals surface area contributed by atoms with E-state index in [9.17, 15) is 14.9 Å². The molecule has 0 saturated carbocycles. The van der Waals surface area contributed by atoms with Crippen LogP contribution < -0.4 is 5.32 Å². The van der Waals surface area contributed by atoms with Crippen LogP contribution in [0.4, 0.5) is 5.69 Å². The molecule has 0 bridgehead atoms. The first-order chi connectivity index (χ1) is 12.0. The first-order valence-electron chi connectivity index (χ1n) is 7.90. The van der Waals surface area contributed by atoms with Crippen LogP contribution in [-0.2, 0) is 6.54 Å². The van der Waals surface area contributed by atoms with Gasteiger partial charge in [0.1, 0.15) is 0 Å². The average Bonchev–Trinajstić information content (AvgIpc) is 2.62. The van der Waals surface area contributed by atoms with Gasteiger partial charge in [0.2, 0.25) is 0 Å². The van der Waals surface area contributed by atoms with Crippen molar-refractivity contribution in [1.29, 1.82) is 0 Å². The smallest absolute Gasteiger partial charge is 0.270 e. The lowest BCUT2D eigenvalue weighted by molar-refractivity contribution is -0.384. The molecule has 0 atom stereocenters. The fourth-order valence-corrected chi connectivity index (χ4v) is 2.58. The van der Waals surface area contributed by atoms with Crippen LogP contribution in [0.3, 0.4) is 0 Å². The zero-order valence-electron chi connectivity index (χ0n) is 13.8. The van der Waals surface area contributed by atoms with Gasteiger partial charge in [-0.2, -0.15) is 0 Å². The summed E-state index contributed by atoms with van der Waals surface area (Å²) in [4.78, 5) is 24.5. The zero-order valence-corrected chi connectivity index (χ0v) is 14.7. The van der Waals surface area contributed by atoms with Crippen LogP contribution in [0.5, 0.6) is 0 Å². The molecule has 2 aromatic carbocycles. The number of hydrogen-bond donors (Lipinski definition) is 1. The molecule has 2 aromatic rings. The number of rotatable bonds is 6. The third-order valence-corrected chi connectivity index (χ3v) is 3.90. The van der Waals surface area contributed by atoms with Crippen molar-refractivity contribution >= 4 is 28.9 Å². The lowest BCUT2D eigenvalue weighted by Crippen LogP contribution is -2.42. The van der Waals surface area contributed by atoms with E-state index in [-0.39, 0.29) is 11.3 Å². The Bertz CT molecular complexity index is 765. The second-order valence-corrected chi connectivity index (χ2v) is 5.86. The average molecular weight is 357 g/mol. The monoisotopic (exact) mass is 357 g/mol. The minimum absolute atomic E-state index is 0.131. The van der Waals surface area contributed by atoms with E-state index in [1.807, 2.05) is 42.2 Å². The third kappa shape index (κ3) is 5.36. The summed E-state index contributed by atoms with van der Waals surface area (Å²) in [5, 5.41) is 13.8. The fraction of sp³-hybridized carbons (Fsp3) is 0.222. The van der Waals surface area contributed by atoms with E-state index in [2.05, 4.69) is 5.32 Å². The van der Waals surface area contributed by atoms with Gasteiger partial charge in [0, 0.05) is 30.8 Å². The van der Waals surface area contributed by atoms with E-state index in [1.165, 1.54) is 24.3 Å². The highest BCUT2D eigenvalue weighted by Crippen LogP contribution is 2.13. The second-order valence-electron chi connectivity index (χ2n) is 5.47. The van der Waals surface area contributed by atoms with Crippen molar-refractivity contribution < 1.29 is 9.72 Å². The standard InChI is InChI=1S/C18H19N3O3S/c1-2-11-20(13-14-7-4-3-5-8-14)18(25)19-17(22)15-9-6-10-16(12-15)21(23)24/h3-10,12H,2,11,13H2,1H3,(H,19,22,25). The maximum Gasteiger partial charge on any atom is 0.270 e. The van der Waals surface area contributed by atoms with Gasteiger partial charge in [-0.3, -0.25) is 20.2 Å². The van der Waals surface area contributed by atoms with Crippen molar-refractivity contribution in [2.75, 3.05) is 6.54 Å². The van der Waals surface area contributed by atoms with Gasteiger partial charge in [-0.15, -0.1) is 0 Å². The number of benzene rings is 2. The highest BCUT2D eigenvalue weighted by molar-refractivity contribution is 7.80. The minimum atomic E-state index is -0.534. The van der Waals surface area contributed by atoms with Gasteiger partial charge >= 0.3 is 0 Å². The molecule has 0 fully saturated rings. The number of nitrogens with zero attached hydrogens (tertiary/aromatic N) is 2. The van der Waals surface area contributed by atoms with Crippen LogP contribution in [0.25, 0.3) is 0 Å². The molecular weight excluding hydrogens is 338 g/mol. The molecule has 0 spiro atoms. The Hall–Kier alpha value is -2.80. The molecule has 0 aliphatic heterocycles. The summed E-state index contributed by atoms with van der Waals surface area (Å²) in [6.45, 7) is 3.31. The lowest BCUT2D eigenvalue weighted by Gasteiger charge is -2.25. The molecule has 0 aliphatic carbocycles. The first-order valence-corrected chi connectivity index (χ1v) is 8.30. The quantitative estimate of drug-likeness (QED) is 0.486. The maximum absolute atomic E-state index is 12.3.